The molecule has 0 aliphatic carbocycles. The summed E-state index contributed by atoms with van der Waals surface area (Å²) in [5, 5.41) is 8.73. The number of likely N-dealkylation sites (tertiary alicyclic amines) is 1. The molecule has 1 heterocycles. The summed E-state index contributed by atoms with van der Waals surface area (Å²) in [4.78, 5) is 13.2. The number of hydrogen-bond donors (Lipinski definition) is 1. The fraction of sp³-hybridized carbons (Fsp3) is 0.889. The Labute approximate surface area is 73.4 Å². The van der Waals surface area contributed by atoms with E-state index in [1.807, 2.05) is 18.7 Å². The van der Waals surface area contributed by atoms with E-state index in [0.29, 0.717) is 18.3 Å². The van der Waals surface area contributed by atoms with Crippen LogP contribution in [0.1, 0.15) is 20.3 Å². The quantitative estimate of drug-likeness (QED) is 0.671. The van der Waals surface area contributed by atoms with Crippen molar-refractivity contribution in [3.05, 3.63) is 0 Å². The topological polar surface area (TPSA) is 40.5 Å². The van der Waals surface area contributed by atoms with Gasteiger partial charge >= 0.3 is 0 Å². The molecule has 1 N–H and O–H groups in total. The highest BCUT2D eigenvalue weighted by Gasteiger charge is 2.29. The van der Waals surface area contributed by atoms with Gasteiger partial charge in [-0.25, -0.2) is 0 Å². The zero-order valence-corrected chi connectivity index (χ0v) is 7.79. The maximum Gasteiger partial charge on any atom is 0.222 e. The summed E-state index contributed by atoms with van der Waals surface area (Å²) in [7, 11) is 0. The number of rotatable bonds is 3. The van der Waals surface area contributed by atoms with Crippen LogP contribution in [0.5, 0.6) is 0 Å². The minimum Gasteiger partial charge on any atom is -0.396 e. The SMILES string of the molecule is CC(C)CC(=O)N1CC(CO)C1. The second-order valence-corrected chi connectivity index (χ2v) is 3.95. The van der Waals surface area contributed by atoms with Crippen LogP contribution in [0.15, 0.2) is 0 Å². The Morgan fingerprint density at radius 1 is 1.58 bits per heavy atom. The number of aliphatic hydroxyl groups is 1. The lowest BCUT2D eigenvalue weighted by Crippen LogP contribution is -2.51. The van der Waals surface area contributed by atoms with Crippen molar-refractivity contribution in [3.8, 4) is 0 Å². The Hall–Kier alpha value is -0.570. The molecular weight excluding hydrogens is 154 g/mol. The van der Waals surface area contributed by atoms with Gasteiger partial charge < -0.3 is 10.0 Å². The van der Waals surface area contributed by atoms with Crippen molar-refractivity contribution in [2.45, 2.75) is 20.3 Å². The molecule has 1 amide bonds. The smallest absolute Gasteiger partial charge is 0.222 e. The van der Waals surface area contributed by atoms with Gasteiger partial charge in [0.1, 0.15) is 0 Å². The van der Waals surface area contributed by atoms with Crippen LogP contribution in [0.3, 0.4) is 0 Å². The number of nitrogens with zero attached hydrogens (tertiary/aromatic N) is 1. The Morgan fingerprint density at radius 2 is 2.17 bits per heavy atom. The van der Waals surface area contributed by atoms with Gasteiger partial charge in [-0.2, -0.15) is 0 Å². The first-order valence-electron chi connectivity index (χ1n) is 4.52. The Bertz CT molecular complexity index is 162. The van der Waals surface area contributed by atoms with Gasteiger partial charge in [0, 0.05) is 32.0 Å². The van der Waals surface area contributed by atoms with E-state index in [1.165, 1.54) is 0 Å². The summed E-state index contributed by atoms with van der Waals surface area (Å²) in [6.07, 6.45) is 0.637. The van der Waals surface area contributed by atoms with Crippen LogP contribution >= 0.6 is 0 Å². The molecule has 0 aromatic heterocycles. The molecule has 0 radical (unpaired) electrons. The third kappa shape index (κ3) is 2.21. The fourth-order valence-corrected chi connectivity index (χ4v) is 1.37. The van der Waals surface area contributed by atoms with Gasteiger partial charge in [0.15, 0.2) is 0 Å². The number of carbonyl (C=O) groups is 1. The molecule has 1 aliphatic heterocycles. The first kappa shape index (κ1) is 9.52. The molecule has 0 saturated carbocycles. The molecule has 0 spiro atoms. The van der Waals surface area contributed by atoms with E-state index in [-0.39, 0.29) is 12.5 Å². The summed E-state index contributed by atoms with van der Waals surface area (Å²) in [5.41, 5.74) is 0. The van der Waals surface area contributed by atoms with Crippen LogP contribution < -0.4 is 0 Å². The highest BCUT2D eigenvalue weighted by Crippen LogP contribution is 2.17. The van der Waals surface area contributed by atoms with E-state index in [4.69, 9.17) is 5.11 Å². The zero-order valence-electron chi connectivity index (χ0n) is 7.79. The van der Waals surface area contributed by atoms with E-state index in [2.05, 4.69) is 0 Å². The predicted molar refractivity (Wildman–Crippen MR) is 46.6 cm³/mol. The normalized spacial score (nSPS) is 18.2. The third-order valence-electron chi connectivity index (χ3n) is 2.15. The second kappa shape index (κ2) is 3.90. The highest BCUT2D eigenvalue weighted by atomic mass is 16.3. The van der Waals surface area contributed by atoms with Crippen molar-refractivity contribution in [3.63, 3.8) is 0 Å². The number of carbonyl (C=O) groups excluding carboxylic acids is 1. The lowest BCUT2D eigenvalue weighted by molar-refractivity contribution is -0.139. The van der Waals surface area contributed by atoms with Gasteiger partial charge in [0.25, 0.3) is 0 Å². The van der Waals surface area contributed by atoms with Crippen LogP contribution in [0.4, 0.5) is 0 Å². The maximum atomic E-state index is 11.3. The largest absolute Gasteiger partial charge is 0.396 e. The van der Waals surface area contributed by atoms with E-state index in [0.717, 1.165) is 13.1 Å². The van der Waals surface area contributed by atoms with Gasteiger partial charge in [-0.1, -0.05) is 13.8 Å². The van der Waals surface area contributed by atoms with Gasteiger partial charge in [0.2, 0.25) is 5.91 Å². The van der Waals surface area contributed by atoms with Gasteiger partial charge in [0.05, 0.1) is 0 Å². The maximum absolute atomic E-state index is 11.3. The molecule has 0 bridgehead atoms. The van der Waals surface area contributed by atoms with Crippen LogP contribution in [0, 0.1) is 11.8 Å². The predicted octanol–water partition coefficient (Wildman–Crippen LogP) is 0.483. The molecule has 0 aromatic carbocycles. The number of hydrogen-bond acceptors (Lipinski definition) is 2. The van der Waals surface area contributed by atoms with Gasteiger partial charge in [-0.05, 0) is 5.92 Å². The first-order chi connectivity index (χ1) is 5.63. The highest BCUT2D eigenvalue weighted by molar-refractivity contribution is 5.77. The second-order valence-electron chi connectivity index (χ2n) is 3.95. The average Bonchev–Trinajstić information content (AvgIpc) is 1.82. The Morgan fingerprint density at radius 3 is 2.58 bits per heavy atom. The van der Waals surface area contributed by atoms with Crippen molar-refractivity contribution >= 4 is 5.91 Å². The summed E-state index contributed by atoms with van der Waals surface area (Å²) in [6.45, 7) is 5.80. The molecule has 0 aromatic rings. The third-order valence-corrected chi connectivity index (χ3v) is 2.15. The molecule has 3 heteroatoms. The van der Waals surface area contributed by atoms with Crippen molar-refractivity contribution < 1.29 is 9.90 Å². The molecule has 70 valence electrons. The molecule has 0 unspecified atom stereocenters. The van der Waals surface area contributed by atoms with Crippen molar-refractivity contribution in [1.29, 1.82) is 0 Å². The monoisotopic (exact) mass is 171 g/mol. The minimum absolute atomic E-state index is 0.214. The standard InChI is InChI=1S/C9H17NO2/c1-7(2)3-9(12)10-4-8(5-10)6-11/h7-8,11H,3-6H2,1-2H3. The lowest BCUT2D eigenvalue weighted by atomic mass is 9.99. The lowest BCUT2D eigenvalue weighted by Gasteiger charge is -2.38. The molecular formula is C9H17NO2. The summed E-state index contributed by atoms with van der Waals surface area (Å²) < 4.78 is 0. The molecule has 1 fully saturated rings. The average molecular weight is 171 g/mol. The molecule has 12 heavy (non-hydrogen) atoms. The van der Waals surface area contributed by atoms with Crippen LogP contribution in [0.2, 0.25) is 0 Å². The van der Waals surface area contributed by atoms with Crippen molar-refractivity contribution in [2.75, 3.05) is 19.7 Å². The summed E-state index contributed by atoms with van der Waals surface area (Å²) in [6, 6.07) is 0. The summed E-state index contributed by atoms with van der Waals surface area (Å²) in [5.74, 6) is 1.00. The van der Waals surface area contributed by atoms with E-state index < -0.39 is 0 Å². The molecule has 1 aliphatic rings. The number of amides is 1. The van der Waals surface area contributed by atoms with Gasteiger partial charge in [-0.15, -0.1) is 0 Å². The first-order valence-corrected chi connectivity index (χ1v) is 4.52. The van der Waals surface area contributed by atoms with Crippen LogP contribution in [-0.2, 0) is 4.79 Å². The van der Waals surface area contributed by atoms with E-state index >= 15 is 0 Å². The fourth-order valence-electron chi connectivity index (χ4n) is 1.37. The molecule has 1 rings (SSSR count). The Balaban J connectivity index is 2.19. The molecule has 0 atom stereocenters. The van der Waals surface area contributed by atoms with Gasteiger partial charge in [-0.3, -0.25) is 4.79 Å². The van der Waals surface area contributed by atoms with E-state index in [1.54, 1.807) is 0 Å². The number of aliphatic hydroxyl groups excluding tert-OH is 1. The summed E-state index contributed by atoms with van der Waals surface area (Å²) >= 11 is 0. The molecule has 1 saturated heterocycles. The van der Waals surface area contributed by atoms with Crippen LogP contribution in [0.25, 0.3) is 0 Å². The molecule has 3 nitrogen and oxygen atoms in total. The minimum atomic E-state index is 0.214. The van der Waals surface area contributed by atoms with E-state index in [9.17, 15) is 4.79 Å². The Kier molecular flexibility index (Phi) is 3.09. The zero-order chi connectivity index (χ0) is 9.14. The van der Waals surface area contributed by atoms with Crippen molar-refractivity contribution in [1.82, 2.24) is 4.90 Å². The van der Waals surface area contributed by atoms with Crippen molar-refractivity contribution in [2.24, 2.45) is 11.8 Å². The van der Waals surface area contributed by atoms with Crippen LogP contribution in [-0.4, -0.2) is 35.6 Å².